The lowest BCUT2D eigenvalue weighted by Gasteiger charge is -2.31. The van der Waals surface area contributed by atoms with Crippen LogP contribution in [-0.2, 0) is 4.79 Å². The fourth-order valence-electron chi connectivity index (χ4n) is 2.73. The summed E-state index contributed by atoms with van der Waals surface area (Å²) in [5.41, 5.74) is 1.21. The number of likely N-dealkylation sites (N-methyl/N-ethyl adjacent to an activating group) is 1. The molecule has 104 valence electrons. The highest BCUT2D eigenvalue weighted by atomic mass is 32.1. The van der Waals surface area contributed by atoms with Gasteiger partial charge >= 0.3 is 0 Å². The van der Waals surface area contributed by atoms with Crippen LogP contribution >= 0.6 is 11.3 Å². The average Bonchev–Trinajstić information content (AvgIpc) is 3.00. The molecule has 4 nitrogen and oxygen atoms in total. The lowest BCUT2D eigenvalue weighted by molar-refractivity contribution is -0.128. The number of carbonyl (C=O) groups excluding carboxylic acids is 1. The van der Waals surface area contributed by atoms with Gasteiger partial charge in [0, 0.05) is 18.6 Å². The van der Waals surface area contributed by atoms with Gasteiger partial charge in [-0.3, -0.25) is 15.0 Å². The molecule has 1 aliphatic heterocycles. The zero-order valence-electron chi connectivity index (χ0n) is 11.5. The minimum atomic E-state index is 0.0637. The van der Waals surface area contributed by atoms with Crippen molar-refractivity contribution in [3.8, 4) is 0 Å². The molecule has 0 radical (unpaired) electrons. The third-order valence-corrected chi connectivity index (χ3v) is 4.92. The summed E-state index contributed by atoms with van der Waals surface area (Å²) in [5.74, 6) is 0.215. The van der Waals surface area contributed by atoms with Crippen LogP contribution in [0.1, 0.15) is 31.5 Å². The van der Waals surface area contributed by atoms with Crippen molar-refractivity contribution in [2.24, 2.45) is 0 Å². The van der Waals surface area contributed by atoms with Crippen molar-refractivity contribution >= 4 is 17.2 Å². The van der Waals surface area contributed by atoms with Crippen molar-refractivity contribution in [3.63, 3.8) is 0 Å². The molecule has 1 amide bonds. The Bertz CT molecular complexity index is 444. The van der Waals surface area contributed by atoms with Gasteiger partial charge in [0.1, 0.15) is 6.17 Å². The summed E-state index contributed by atoms with van der Waals surface area (Å²) in [5, 5.41) is 7.50. The first-order chi connectivity index (χ1) is 9.16. The van der Waals surface area contributed by atoms with Crippen LogP contribution in [0.15, 0.2) is 16.8 Å². The molecule has 0 aromatic carbocycles. The Morgan fingerprint density at radius 1 is 1.58 bits per heavy atom. The first kappa shape index (κ1) is 13.1. The Morgan fingerprint density at radius 3 is 3.00 bits per heavy atom. The number of hydrogen-bond donors (Lipinski definition) is 1. The second-order valence-corrected chi connectivity index (χ2v) is 6.41. The summed E-state index contributed by atoms with van der Waals surface area (Å²) >= 11 is 1.68. The first-order valence-electron chi connectivity index (χ1n) is 6.93. The molecule has 2 atom stereocenters. The molecule has 1 aliphatic carbocycles. The molecule has 2 fully saturated rings. The maximum absolute atomic E-state index is 12.1. The van der Waals surface area contributed by atoms with Crippen molar-refractivity contribution in [3.05, 3.63) is 22.4 Å². The highest BCUT2D eigenvalue weighted by Crippen LogP contribution is 2.29. The third-order valence-electron chi connectivity index (χ3n) is 4.22. The summed E-state index contributed by atoms with van der Waals surface area (Å²) in [6, 6.07) is 3.25. The monoisotopic (exact) mass is 279 g/mol. The van der Waals surface area contributed by atoms with E-state index in [1.54, 1.807) is 11.3 Å². The van der Waals surface area contributed by atoms with E-state index in [9.17, 15) is 4.79 Å². The lowest BCUT2D eigenvalue weighted by Crippen LogP contribution is -2.43. The van der Waals surface area contributed by atoms with Gasteiger partial charge in [0.05, 0.1) is 6.54 Å². The smallest absolute Gasteiger partial charge is 0.238 e. The van der Waals surface area contributed by atoms with Gasteiger partial charge < -0.3 is 4.90 Å². The second-order valence-electron chi connectivity index (χ2n) is 5.63. The van der Waals surface area contributed by atoms with Crippen LogP contribution in [0.5, 0.6) is 0 Å². The normalized spacial score (nSPS) is 25.3. The quantitative estimate of drug-likeness (QED) is 0.890. The number of amides is 1. The predicted octanol–water partition coefficient (Wildman–Crippen LogP) is 1.66. The van der Waals surface area contributed by atoms with Crippen LogP contribution in [-0.4, -0.2) is 47.9 Å². The van der Waals surface area contributed by atoms with Crippen LogP contribution in [0.3, 0.4) is 0 Å². The van der Waals surface area contributed by atoms with Gasteiger partial charge in [-0.25, -0.2) is 0 Å². The van der Waals surface area contributed by atoms with Gasteiger partial charge in [-0.1, -0.05) is 0 Å². The van der Waals surface area contributed by atoms with E-state index in [1.807, 2.05) is 4.90 Å². The van der Waals surface area contributed by atoms with Crippen molar-refractivity contribution in [2.45, 2.75) is 38.0 Å². The molecule has 1 saturated carbocycles. The Labute approximate surface area is 118 Å². The van der Waals surface area contributed by atoms with Crippen molar-refractivity contribution in [1.82, 2.24) is 15.1 Å². The summed E-state index contributed by atoms with van der Waals surface area (Å²) in [7, 11) is 2.18. The fourth-order valence-corrected chi connectivity index (χ4v) is 3.41. The molecule has 0 bridgehead atoms. The molecular formula is C14H21N3OS. The van der Waals surface area contributed by atoms with Crippen molar-refractivity contribution < 1.29 is 4.79 Å². The largest absolute Gasteiger partial charge is 0.320 e. The van der Waals surface area contributed by atoms with Crippen LogP contribution in [0, 0.1) is 0 Å². The van der Waals surface area contributed by atoms with Crippen molar-refractivity contribution in [1.29, 1.82) is 0 Å². The number of hydrogen-bond acceptors (Lipinski definition) is 4. The Morgan fingerprint density at radius 2 is 2.37 bits per heavy atom. The molecule has 1 aromatic rings. The Kier molecular flexibility index (Phi) is 3.60. The molecular weight excluding hydrogens is 258 g/mol. The molecule has 1 aromatic heterocycles. The molecule has 2 aliphatic rings. The zero-order chi connectivity index (χ0) is 13.4. The lowest BCUT2D eigenvalue weighted by atomic mass is 10.2. The molecule has 0 spiro atoms. The summed E-state index contributed by atoms with van der Waals surface area (Å²) in [6.07, 6.45) is 2.68. The van der Waals surface area contributed by atoms with Crippen LogP contribution in [0.4, 0.5) is 0 Å². The minimum Gasteiger partial charge on any atom is -0.320 e. The number of rotatable bonds is 5. The number of nitrogens with zero attached hydrogens (tertiary/aromatic N) is 2. The van der Waals surface area contributed by atoms with E-state index < -0.39 is 0 Å². The van der Waals surface area contributed by atoms with Crippen LogP contribution in [0.2, 0.25) is 0 Å². The third kappa shape index (κ3) is 2.68. The minimum absolute atomic E-state index is 0.0637. The van der Waals surface area contributed by atoms with E-state index in [1.165, 1.54) is 18.4 Å². The summed E-state index contributed by atoms with van der Waals surface area (Å²) < 4.78 is 0. The maximum atomic E-state index is 12.1. The predicted molar refractivity (Wildman–Crippen MR) is 77.0 cm³/mol. The first-order valence-corrected chi connectivity index (χ1v) is 7.88. The van der Waals surface area contributed by atoms with Crippen molar-refractivity contribution in [2.75, 3.05) is 20.1 Å². The van der Waals surface area contributed by atoms with Gasteiger partial charge in [-0.2, -0.15) is 11.3 Å². The number of thiophene rings is 1. The highest BCUT2D eigenvalue weighted by Gasteiger charge is 2.35. The van der Waals surface area contributed by atoms with Gasteiger partial charge in [-0.05, 0) is 49.2 Å². The molecule has 1 saturated heterocycles. The maximum Gasteiger partial charge on any atom is 0.238 e. The average molecular weight is 279 g/mol. The van der Waals surface area contributed by atoms with E-state index in [0.29, 0.717) is 12.6 Å². The SMILES string of the molecule is CC(CN1C(=O)CNC1c1ccsc1)N(C)C1CC1. The van der Waals surface area contributed by atoms with E-state index in [-0.39, 0.29) is 12.1 Å². The molecule has 2 heterocycles. The standard InChI is InChI=1S/C14H21N3OS/c1-10(16(2)12-3-4-12)8-17-13(18)7-15-14(17)11-5-6-19-9-11/h5-6,9-10,12,14-15H,3-4,7-8H2,1-2H3. The molecule has 2 unspecified atom stereocenters. The van der Waals surface area contributed by atoms with E-state index >= 15 is 0 Å². The molecule has 1 N–H and O–H groups in total. The van der Waals surface area contributed by atoms with E-state index in [0.717, 1.165) is 12.6 Å². The van der Waals surface area contributed by atoms with Crippen LogP contribution in [0.25, 0.3) is 0 Å². The zero-order valence-corrected chi connectivity index (χ0v) is 12.3. The van der Waals surface area contributed by atoms with E-state index in [2.05, 4.69) is 41.0 Å². The van der Waals surface area contributed by atoms with Crippen LogP contribution < -0.4 is 5.32 Å². The topological polar surface area (TPSA) is 35.6 Å². The number of nitrogens with one attached hydrogen (secondary N) is 1. The van der Waals surface area contributed by atoms with E-state index in [4.69, 9.17) is 0 Å². The Hall–Kier alpha value is -0.910. The number of carbonyl (C=O) groups is 1. The summed E-state index contributed by atoms with van der Waals surface area (Å²) in [4.78, 5) is 16.5. The summed E-state index contributed by atoms with van der Waals surface area (Å²) in [6.45, 7) is 3.48. The Balaban J connectivity index is 1.68. The molecule has 19 heavy (non-hydrogen) atoms. The highest BCUT2D eigenvalue weighted by molar-refractivity contribution is 7.07. The fraction of sp³-hybridized carbons (Fsp3) is 0.643. The van der Waals surface area contributed by atoms with Gasteiger partial charge in [0.25, 0.3) is 0 Å². The van der Waals surface area contributed by atoms with Gasteiger partial charge in [-0.15, -0.1) is 0 Å². The molecule has 3 rings (SSSR count). The van der Waals surface area contributed by atoms with Gasteiger partial charge in [0.15, 0.2) is 0 Å². The van der Waals surface area contributed by atoms with Gasteiger partial charge in [0.2, 0.25) is 5.91 Å². The second kappa shape index (κ2) is 5.23. The molecule has 5 heteroatoms.